The molecule has 0 aliphatic carbocycles. The average Bonchev–Trinajstić information content (AvgIpc) is 2.33. The van der Waals surface area contributed by atoms with Crippen LogP contribution in [0.25, 0.3) is 0 Å². The van der Waals surface area contributed by atoms with Crippen LogP contribution in [0.3, 0.4) is 0 Å². The molecule has 0 heterocycles. The summed E-state index contributed by atoms with van der Waals surface area (Å²) in [6.45, 7) is 0. The highest BCUT2D eigenvalue weighted by molar-refractivity contribution is 5.94. The largest absolute Gasteiger partial charge is 0.465 e. The maximum atomic E-state index is 12.8. The Morgan fingerprint density at radius 1 is 1.15 bits per heavy atom. The molecule has 0 amide bonds. The number of hydrogen-bond donors (Lipinski definition) is 0. The van der Waals surface area contributed by atoms with Gasteiger partial charge in [0.25, 0.3) is 0 Å². The first-order valence-corrected chi connectivity index (χ1v) is 4.83. The third kappa shape index (κ3) is 2.84. The van der Waals surface area contributed by atoms with Gasteiger partial charge in [0.15, 0.2) is 0 Å². The van der Waals surface area contributed by atoms with Crippen molar-refractivity contribution in [1.29, 1.82) is 5.26 Å². The number of halogens is 6. The summed E-state index contributed by atoms with van der Waals surface area (Å²) in [6, 6.07) is 1.83. The SMILES string of the molecule is COC(=O)c1c(C#N)ccc(C(F)(F)F)c1C(F)(F)F. The molecule has 0 fully saturated rings. The molecule has 0 aromatic heterocycles. The van der Waals surface area contributed by atoms with Gasteiger partial charge < -0.3 is 4.74 Å². The number of carbonyl (C=O) groups is 1. The third-order valence-corrected chi connectivity index (χ3v) is 2.30. The molecule has 20 heavy (non-hydrogen) atoms. The molecule has 3 nitrogen and oxygen atoms in total. The number of hydrogen-bond acceptors (Lipinski definition) is 3. The molecule has 1 aromatic carbocycles. The number of alkyl halides is 6. The van der Waals surface area contributed by atoms with Crippen molar-refractivity contribution in [2.24, 2.45) is 0 Å². The number of nitrogens with zero attached hydrogens (tertiary/aromatic N) is 1. The minimum Gasteiger partial charge on any atom is -0.465 e. The van der Waals surface area contributed by atoms with E-state index in [1.165, 1.54) is 6.07 Å². The van der Waals surface area contributed by atoms with E-state index in [0.29, 0.717) is 13.2 Å². The maximum Gasteiger partial charge on any atom is 0.417 e. The Morgan fingerprint density at radius 3 is 2.05 bits per heavy atom. The van der Waals surface area contributed by atoms with Crippen molar-refractivity contribution in [3.05, 3.63) is 34.4 Å². The Bertz CT molecular complexity index is 582. The van der Waals surface area contributed by atoms with Gasteiger partial charge in [0, 0.05) is 0 Å². The predicted octanol–water partition coefficient (Wildman–Crippen LogP) is 3.38. The second kappa shape index (κ2) is 5.03. The molecule has 0 saturated heterocycles. The molecule has 0 radical (unpaired) electrons. The van der Waals surface area contributed by atoms with Crippen molar-refractivity contribution in [2.45, 2.75) is 12.4 Å². The first-order valence-electron chi connectivity index (χ1n) is 4.83. The van der Waals surface area contributed by atoms with Crippen molar-refractivity contribution >= 4 is 5.97 Å². The zero-order valence-corrected chi connectivity index (χ0v) is 9.69. The minimum atomic E-state index is -5.47. The molecule has 0 aliphatic heterocycles. The summed E-state index contributed by atoms with van der Waals surface area (Å²) in [7, 11) is 0.698. The van der Waals surface area contributed by atoms with E-state index in [0.717, 1.165) is 0 Å². The van der Waals surface area contributed by atoms with Crippen molar-refractivity contribution in [3.8, 4) is 6.07 Å². The first-order chi connectivity index (χ1) is 9.04. The third-order valence-electron chi connectivity index (χ3n) is 2.30. The monoisotopic (exact) mass is 297 g/mol. The van der Waals surface area contributed by atoms with Gasteiger partial charge in [0.05, 0.1) is 29.4 Å². The van der Waals surface area contributed by atoms with E-state index in [1.54, 1.807) is 0 Å². The fourth-order valence-corrected chi connectivity index (χ4v) is 1.54. The zero-order chi connectivity index (χ0) is 15.7. The molecule has 0 saturated carbocycles. The molecule has 0 spiro atoms. The van der Waals surface area contributed by atoms with Crippen LogP contribution in [0, 0.1) is 11.3 Å². The fourth-order valence-electron chi connectivity index (χ4n) is 1.54. The molecule has 108 valence electrons. The van der Waals surface area contributed by atoms with Gasteiger partial charge in [-0.2, -0.15) is 31.6 Å². The number of carbonyl (C=O) groups excluding carboxylic acids is 1. The number of methoxy groups -OCH3 is 1. The Balaban J connectivity index is 3.87. The standard InChI is InChI=1S/C11H5F6NO2/c1-20-9(19)7-5(4-18)2-3-6(10(12,13)14)8(7)11(15,16)17/h2-3H,1H3. The second-order valence-corrected chi connectivity index (χ2v) is 3.51. The van der Waals surface area contributed by atoms with Crippen LogP contribution < -0.4 is 0 Å². The van der Waals surface area contributed by atoms with Gasteiger partial charge in [-0.3, -0.25) is 0 Å². The van der Waals surface area contributed by atoms with Crippen LogP contribution in [0.5, 0.6) is 0 Å². The topological polar surface area (TPSA) is 50.1 Å². The van der Waals surface area contributed by atoms with Gasteiger partial charge in [-0.25, -0.2) is 4.79 Å². The van der Waals surface area contributed by atoms with Gasteiger partial charge in [0.1, 0.15) is 6.07 Å². The molecule has 0 unspecified atom stereocenters. The number of nitriles is 1. The van der Waals surface area contributed by atoms with Crippen molar-refractivity contribution in [2.75, 3.05) is 7.11 Å². The lowest BCUT2D eigenvalue weighted by Crippen LogP contribution is -2.22. The Labute approximate surface area is 108 Å². The van der Waals surface area contributed by atoms with E-state index < -0.39 is 40.6 Å². The summed E-state index contributed by atoms with van der Waals surface area (Å²) in [4.78, 5) is 11.3. The van der Waals surface area contributed by atoms with Crippen LogP contribution in [-0.2, 0) is 17.1 Å². The quantitative estimate of drug-likeness (QED) is 0.590. The van der Waals surface area contributed by atoms with Crippen LogP contribution in [-0.4, -0.2) is 13.1 Å². The summed E-state index contributed by atoms with van der Waals surface area (Å²) in [5.41, 5.74) is -6.57. The lowest BCUT2D eigenvalue weighted by molar-refractivity contribution is -0.162. The van der Waals surface area contributed by atoms with Crippen molar-refractivity contribution in [1.82, 2.24) is 0 Å². The summed E-state index contributed by atoms with van der Waals surface area (Å²) >= 11 is 0. The first kappa shape index (κ1) is 15.8. The van der Waals surface area contributed by atoms with Crippen molar-refractivity contribution in [3.63, 3.8) is 0 Å². The summed E-state index contributed by atoms with van der Waals surface area (Å²) in [5, 5.41) is 8.64. The lowest BCUT2D eigenvalue weighted by Gasteiger charge is -2.18. The molecule has 0 aliphatic rings. The maximum absolute atomic E-state index is 12.8. The Kier molecular flexibility index (Phi) is 3.98. The van der Waals surface area contributed by atoms with E-state index in [2.05, 4.69) is 4.74 Å². The van der Waals surface area contributed by atoms with Crippen LogP contribution in [0.4, 0.5) is 26.3 Å². The molecule has 1 rings (SSSR count). The molecule has 0 atom stereocenters. The Hall–Kier alpha value is -2.24. The highest BCUT2D eigenvalue weighted by atomic mass is 19.4. The molecular weight excluding hydrogens is 292 g/mol. The average molecular weight is 297 g/mol. The number of ether oxygens (including phenoxy) is 1. The van der Waals surface area contributed by atoms with Crippen LogP contribution >= 0.6 is 0 Å². The Morgan fingerprint density at radius 2 is 1.70 bits per heavy atom. The fraction of sp³-hybridized carbons (Fsp3) is 0.273. The van der Waals surface area contributed by atoms with E-state index in [9.17, 15) is 31.1 Å². The minimum absolute atomic E-state index is 0.105. The normalized spacial score (nSPS) is 11.9. The van der Waals surface area contributed by atoms with Gasteiger partial charge in [-0.05, 0) is 12.1 Å². The predicted molar refractivity (Wildman–Crippen MR) is 52.5 cm³/mol. The highest BCUT2D eigenvalue weighted by Crippen LogP contribution is 2.43. The van der Waals surface area contributed by atoms with Gasteiger partial charge in [0.2, 0.25) is 0 Å². The van der Waals surface area contributed by atoms with E-state index in [-0.39, 0.29) is 6.07 Å². The van der Waals surface area contributed by atoms with Crippen molar-refractivity contribution < 1.29 is 35.9 Å². The smallest absolute Gasteiger partial charge is 0.417 e. The summed E-state index contributed by atoms with van der Waals surface area (Å²) in [6.07, 6.45) is -10.8. The molecule has 1 aromatic rings. The van der Waals surface area contributed by atoms with Crippen LogP contribution in [0.2, 0.25) is 0 Å². The van der Waals surface area contributed by atoms with E-state index in [4.69, 9.17) is 5.26 Å². The second-order valence-electron chi connectivity index (χ2n) is 3.51. The number of rotatable bonds is 1. The molecular formula is C11H5F6NO2. The van der Waals surface area contributed by atoms with E-state index in [1.807, 2.05) is 0 Å². The molecule has 0 N–H and O–H groups in total. The molecule has 9 heteroatoms. The number of esters is 1. The van der Waals surface area contributed by atoms with Gasteiger partial charge in [-0.15, -0.1) is 0 Å². The molecule has 0 bridgehead atoms. The van der Waals surface area contributed by atoms with E-state index >= 15 is 0 Å². The van der Waals surface area contributed by atoms with Gasteiger partial charge in [-0.1, -0.05) is 0 Å². The lowest BCUT2D eigenvalue weighted by atomic mass is 9.95. The summed E-state index contributed by atoms with van der Waals surface area (Å²) in [5.74, 6) is -1.67. The highest BCUT2D eigenvalue weighted by Gasteiger charge is 2.47. The van der Waals surface area contributed by atoms with Crippen LogP contribution in [0.1, 0.15) is 27.0 Å². The van der Waals surface area contributed by atoms with Gasteiger partial charge >= 0.3 is 18.3 Å². The zero-order valence-electron chi connectivity index (χ0n) is 9.69. The summed E-state index contributed by atoms with van der Waals surface area (Å²) < 4.78 is 80.4. The van der Waals surface area contributed by atoms with Crippen LogP contribution in [0.15, 0.2) is 12.1 Å². The number of benzene rings is 1.